The number of allylic oxidation sites excluding steroid dienone is 4. The van der Waals surface area contributed by atoms with E-state index >= 15 is 4.39 Å². The van der Waals surface area contributed by atoms with Crippen LogP contribution in [0.5, 0.6) is 0 Å². The standard InChI is InChI=1S/C33H34ClFN6O3S/c1-7-20(18(4)5)30-25(8-2)45-17-26(42)36-24-12-10-11-23(35)28(24)29-22(34)15-21-31(38-33(44)41(30)32(21)37-29)40-14-13-39(16-19(40)6)27(43)9-3/h7-12,15,18-19H,1,3,13-14,16-17H2,2,4-6H3,(H,36,42)/b25-8+,30-20-/t19-/m0/s1. The normalized spacial score (nSPS) is 19.2. The predicted octanol–water partition coefficient (Wildman–Crippen LogP) is 6.12. The minimum absolute atomic E-state index is 0.00856. The number of benzene rings is 1. The number of amides is 2. The highest BCUT2D eigenvalue weighted by Crippen LogP contribution is 2.41. The molecule has 9 nitrogen and oxygen atoms in total. The molecule has 0 aliphatic carbocycles. The number of nitrogens with zero attached hydrogens (tertiary/aromatic N) is 5. The van der Waals surface area contributed by atoms with Gasteiger partial charge in [-0.3, -0.25) is 9.59 Å². The van der Waals surface area contributed by atoms with Gasteiger partial charge in [-0.15, -0.1) is 11.8 Å². The zero-order chi connectivity index (χ0) is 32.6. The van der Waals surface area contributed by atoms with Crippen molar-refractivity contribution in [3.05, 3.63) is 87.5 Å². The fourth-order valence-electron chi connectivity index (χ4n) is 5.78. The van der Waals surface area contributed by atoms with Crippen LogP contribution in [0, 0.1) is 11.7 Å². The Balaban J connectivity index is 1.91. The number of thioether (sulfide) groups is 1. The molecular formula is C33H34ClFN6O3S. The summed E-state index contributed by atoms with van der Waals surface area (Å²) in [5.41, 5.74) is 1.12. The second-order valence-electron chi connectivity index (χ2n) is 11.1. The smallest absolute Gasteiger partial charge is 0.350 e. The fourth-order valence-corrected chi connectivity index (χ4v) is 6.89. The fraction of sp³-hybridized carbons (Fsp3) is 0.303. The molecule has 2 aromatic heterocycles. The lowest BCUT2D eigenvalue weighted by Gasteiger charge is -2.40. The Kier molecular flexibility index (Phi) is 9.31. The van der Waals surface area contributed by atoms with Gasteiger partial charge in [-0.25, -0.2) is 18.7 Å². The first kappa shape index (κ1) is 32.2. The number of pyridine rings is 1. The Hall–Kier alpha value is -4.22. The Morgan fingerprint density at radius 2 is 1.96 bits per heavy atom. The summed E-state index contributed by atoms with van der Waals surface area (Å²) in [6.07, 6.45) is 4.80. The van der Waals surface area contributed by atoms with E-state index in [9.17, 15) is 14.4 Å². The number of carbonyl (C=O) groups is 2. The molecule has 0 unspecified atom stereocenters. The van der Waals surface area contributed by atoms with Crippen LogP contribution in [0.2, 0.25) is 5.02 Å². The van der Waals surface area contributed by atoms with Gasteiger partial charge in [-0.2, -0.15) is 4.98 Å². The van der Waals surface area contributed by atoms with Gasteiger partial charge >= 0.3 is 5.69 Å². The molecule has 1 fully saturated rings. The average Bonchev–Trinajstić information content (AvgIpc) is 3.00. The summed E-state index contributed by atoms with van der Waals surface area (Å²) in [6, 6.07) is 5.78. The average molecular weight is 649 g/mol. The summed E-state index contributed by atoms with van der Waals surface area (Å²) in [6.45, 7) is 16.6. The number of hydrogen-bond acceptors (Lipinski definition) is 7. The number of rotatable bonds is 4. The number of piperazine rings is 1. The van der Waals surface area contributed by atoms with Crippen molar-refractivity contribution in [2.45, 2.75) is 33.7 Å². The molecule has 2 aliphatic heterocycles. The first-order valence-corrected chi connectivity index (χ1v) is 15.9. The second kappa shape index (κ2) is 13.0. The molecule has 12 heteroatoms. The highest BCUT2D eigenvalue weighted by Gasteiger charge is 2.31. The minimum atomic E-state index is -0.634. The Bertz CT molecular complexity index is 1870. The van der Waals surface area contributed by atoms with Crippen molar-refractivity contribution in [2.24, 2.45) is 5.92 Å². The molecule has 0 spiro atoms. The lowest BCUT2D eigenvalue weighted by Crippen LogP contribution is -2.54. The number of nitrogens with one attached hydrogen (secondary N) is 1. The van der Waals surface area contributed by atoms with E-state index in [0.29, 0.717) is 41.4 Å². The number of hydrogen-bond donors (Lipinski definition) is 1. The van der Waals surface area contributed by atoms with Crippen molar-refractivity contribution in [1.82, 2.24) is 19.4 Å². The van der Waals surface area contributed by atoms with Gasteiger partial charge < -0.3 is 15.1 Å². The first-order valence-electron chi connectivity index (χ1n) is 14.6. The van der Waals surface area contributed by atoms with Gasteiger partial charge in [0.1, 0.15) is 11.6 Å². The van der Waals surface area contributed by atoms with Crippen LogP contribution >= 0.6 is 23.4 Å². The SMILES string of the molecule is C=CC(=O)N1CCN(c2nc(=O)n3c4nc(c(Cl)cc24)-c2c(F)cccc2NC(=O)CSC(=C/C)/C3=C(\C=C)C(C)C)[C@@H](C)C1. The lowest BCUT2D eigenvalue weighted by atomic mass is 10.00. The van der Waals surface area contributed by atoms with Gasteiger partial charge in [0, 0.05) is 30.6 Å². The summed E-state index contributed by atoms with van der Waals surface area (Å²) in [5, 5.41) is 3.40. The van der Waals surface area contributed by atoms with Crippen molar-refractivity contribution < 1.29 is 14.0 Å². The van der Waals surface area contributed by atoms with E-state index < -0.39 is 11.5 Å². The Labute approximate surface area is 270 Å². The van der Waals surface area contributed by atoms with Crippen molar-refractivity contribution in [3.63, 3.8) is 0 Å². The molecule has 2 aliphatic rings. The third-order valence-electron chi connectivity index (χ3n) is 7.91. The van der Waals surface area contributed by atoms with E-state index in [1.165, 1.54) is 34.5 Å². The zero-order valence-corrected chi connectivity index (χ0v) is 27.1. The zero-order valence-electron chi connectivity index (χ0n) is 25.6. The molecule has 234 valence electrons. The molecular weight excluding hydrogens is 615 g/mol. The van der Waals surface area contributed by atoms with E-state index in [-0.39, 0.29) is 57.1 Å². The number of fused-ring (bicyclic) bond motifs is 3. The van der Waals surface area contributed by atoms with Crippen LogP contribution in [0.15, 0.2) is 70.9 Å². The van der Waals surface area contributed by atoms with Crippen LogP contribution in [0.4, 0.5) is 15.9 Å². The van der Waals surface area contributed by atoms with Crippen LogP contribution in [0.1, 0.15) is 27.7 Å². The van der Waals surface area contributed by atoms with Gasteiger partial charge in [0.25, 0.3) is 0 Å². The van der Waals surface area contributed by atoms with Crippen LogP contribution in [-0.2, 0) is 9.59 Å². The molecule has 2 bridgehead atoms. The van der Waals surface area contributed by atoms with Crippen molar-refractivity contribution in [3.8, 4) is 11.3 Å². The molecule has 4 heterocycles. The van der Waals surface area contributed by atoms with Crippen molar-refractivity contribution in [1.29, 1.82) is 0 Å². The summed E-state index contributed by atoms with van der Waals surface area (Å²) < 4.78 is 17.0. The highest BCUT2D eigenvalue weighted by atomic mass is 35.5. The third kappa shape index (κ3) is 5.94. The molecule has 0 saturated carbocycles. The van der Waals surface area contributed by atoms with E-state index in [1.54, 1.807) is 23.1 Å². The Morgan fingerprint density at radius 3 is 2.60 bits per heavy atom. The van der Waals surface area contributed by atoms with Gasteiger partial charge in [0.2, 0.25) is 11.8 Å². The van der Waals surface area contributed by atoms with Gasteiger partial charge in [0.15, 0.2) is 5.65 Å². The molecule has 0 radical (unpaired) electrons. The van der Waals surface area contributed by atoms with Gasteiger partial charge in [-0.1, -0.05) is 56.8 Å². The number of anilines is 2. The van der Waals surface area contributed by atoms with Crippen molar-refractivity contribution >= 4 is 63.4 Å². The molecule has 1 N–H and O–H groups in total. The van der Waals surface area contributed by atoms with E-state index in [4.69, 9.17) is 16.6 Å². The van der Waals surface area contributed by atoms with Crippen LogP contribution < -0.4 is 15.9 Å². The maximum absolute atomic E-state index is 15.6. The second-order valence-corrected chi connectivity index (χ2v) is 12.5. The summed E-state index contributed by atoms with van der Waals surface area (Å²) in [7, 11) is 0. The predicted molar refractivity (Wildman–Crippen MR) is 181 cm³/mol. The molecule has 1 saturated heterocycles. The molecule has 1 aromatic carbocycles. The minimum Gasteiger partial charge on any atom is -0.350 e. The van der Waals surface area contributed by atoms with Gasteiger partial charge in [0.05, 0.1) is 38.8 Å². The molecule has 3 aromatic rings. The summed E-state index contributed by atoms with van der Waals surface area (Å²) in [4.78, 5) is 53.6. The topological polar surface area (TPSA) is 100 Å². The van der Waals surface area contributed by atoms with Crippen molar-refractivity contribution in [2.75, 3.05) is 35.6 Å². The maximum Gasteiger partial charge on any atom is 0.355 e. The van der Waals surface area contributed by atoms with E-state index in [0.717, 1.165) is 5.57 Å². The Morgan fingerprint density at radius 1 is 1.20 bits per heavy atom. The number of halogens is 2. The first-order chi connectivity index (χ1) is 21.5. The number of aromatic nitrogens is 3. The maximum atomic E-state index is 15.6. The largest absolute Gasteiger partial charge is 0.355 e. The molecule has 2 amide bonds. The van der Waals surface area contributed by atoms with Crippen LogP contribution in [0.3, 0.4) is 0 Å². The van der Waals surface area contributed by atoms with Gasteiger partial charge in [-0.05, 0) is 49.6 Å². The quantitative estimate of drug-likeness (QED) is 0.341. The molecule has 1 atom stereocenters. The summed E-state index contributed by atoms with van der Waals surface area (Å²) in [5.74, 6) is -0.891. The summed E-state index contributed by atoms with van der Waals surface area (Å²) >= 11 is 8.13. The van der Waals surface area contributed by atoms with Crippen LogP contribution in [-0.4, -0.2) is 62.7 Å². The monoisotopic (exact) mass is 648 g/mol. The van der Waals surface area contributed by atoms with E-state index in [1.807, 2.05) is 38.7 Å². The molecule has 45 heavy (non-hydrogen) atoms. The number of carbonyl (C=O) groups excluding carboxylic acids is 2. The highest BCUT2D eigenvalue weighted by molar-refractivity contribution is 8.04. The van der Waals surface area contributed by atoms with E-state index in [2.05, 4.69) is 23.5 Å². The van der Waals surface area contributed by atoms with Crippen LogP contribution in [0.25, 0.3) is 28.0 Å². The lowest BCUT2D eigenvalue weighted by molar-refractivity contribution is -0.126. The molecule has 5 rings (SSSR count). The third-order valence-corrected chi connectivity index (χ3v) is 9.34.